The number of hydrogen-bond acceptors (Lipinski definition) is 4. The summed E-state index contributed by atoms with van der Waals surface area (Å²) in [7, 11) is 1.68. The zero-order chi connectivity index (χ0) is 15.9. The molecule has 1 aromatic carbocycles. The molecule has 0 saturated carbocycles. The Morgan fingerprint density at radius 3 is 2.59 bits per heavy atom. The van der Waals surface area contributed by atoms with Gasteiger partial charge < -0.3 is 14.6 Å². The maximum Gasteiger partial charge on any atom is 0.118 e. The minimum atomic E-state index is -0.306. The molecule has 2 rings (SSSR count). The summed E-state index contributed by atoms with van der Waals surface area (Å²) >= 11 is 0. The van der Waals surface area contributed by atoms with Crippen LogP contribution in [0.2, 0.25) is 0 Å². The smallest absolute Gasteiger partial charge is 0.118 e. The Labute approximate surface area is 134 Å². The first-order chi connectivity index (χ1) is 10.6. The SMILES string of the molecule is COc1ccc(CN(CC2CCCO2)CC(O)C(C)C)cc1. The topological polar surface area (TPSA) is 41.9 Å². The van der Waals surface area contributed by atoms with Gasteiger partial charge in [0.05, 0.1) is 19.3 Å². The standard InChI is InChI=1S/C18H29NO3/c1-14(2)18(20)13-19(12-17-5-4-10-22-17)11-15-6-8-16(21-3)9-7-15/h6-9,14,17-18,20H,4-5,10-13H2,1-3H3. The van der Waals surface area contributed by atoms with Gasteiger partial charge in [-0.3, -0.25) is 4.90 Å². The van der Waals surface area contributed by atoms with Crippen molar-refractivity contribution in [2.45, 2.75) is 45.4 Å². The van der Waals surface area contributed by atoms with E-state index in [9.17, 15) is 5.11 Å². The molecule has 4 heteroatoms. The second-order valence-corrected chi connectivity index (χ2v) is 6.49. The lowest BCUT2D eigenvalue weighted by molar-refractivity contribution is 0.0330. The Morgan fingerprint density at radius 1 is 1.32 bits per heavy atom. The van der Waals surface area contributed by atoms with E-state index in [1.807, 2.05) is 12.1 Å². The van der Waals surface area contributed by atoms with Crippen LogP contribution in [0.3, 0.4) is 0 Å². The minimum absolute atomic E-state index is 0.267. The van der Waals surface area contributed by atoms with Crippen molar-refractivity contribution in [3.05, 3.63) is 29.8 Å². The van der Waals surface area contributed by atoms with E-state index in [4.69, 9.17) is 9.47 Å². The van der Waals surface area contributed by atoms with Crippen LogP contribution in [0.5, 0.6) is 5.75 Å². The number of ether oxygens (including phenoxy) is 2. The third-order valence-electron chi connectivity index (χ3n) is 4.27. The summed E-state index contributed by atoms with van der Waals surface area (Å²) in [6.07, 6.45) is 2.27. The van der Waals surface area contributed by atoms with Crippen LogP contribution in [0.25, 0.3) is 0 Å². The molecule has 0 radical (unpaired) electrons. The minimum Gasteiger partial charge on any atom is -0.497 e. The fourth-order valence-corrected chi connectivity index (χ4v) is 2.74. The van der Waals surface area contributed by atoms with E-state index in [1.165, 1.54) is 5.56 Å². The maximum absolute atomic E-state index is 10.2. The van der Waals surface area contributed by atoms with Crippen LogP contribution in [0.15, 0.2) is 24.3 Å². The molecule has 1 aliphatic rings. The molecule has 1 N–H and O–H groups in total. The van der Waals surface area contributed by atoms with Gasteiger partial charge in [-0.25, -0.2) is 0 Å². The van der Waals surface area contributed by atoms with Gasteiger partial charge in [0.2, 0.25) is 0 Å². The Bertz CT molecular complexity index is 422. The fourth-order valence-electron chi connectivity index (χ4n) is 2.74. The lowest BCUT2D eigenvalue weighted by atomic mass is 10.1. The fraction of sp³-hybridized carbons (Fsp3) is 0.667. The van der Waals surface area contributed by atoms with Gasteiger partial charge in [0.1, 0.15) is 5.75 Å². The third kappa shape index (κ3) is 5.27. The summed E-state index contributed by atoms with van der Waals surface area (Å²) in [5.74, 6) is 1.14. The monoisotopic (exact) mass is 307 g/mol. The van der Waals surface area contributed by atoms with Gasteiger partial charge in [-0.15, -0.1) is 0 Å². The second kappa shape index (κ2) is 8.51. The third-order valence-corrected chi connectivity index (χ3v) is 4.27. The summed E-state index contributed by atoms with van der Waals surface area (Å²) in [6.45, 7) is 7.38. The van der Waals surface area contributed by atoms with Gasteiger partial charge in [-0.05, 0) is 36.5 Å². The lowest BCUT2D eigenvalue weighted by Crippen LogP contribution is -2.39. The van der Waals surface area contributed by atoms with Gasteiger partial charge in [-0.2, -0.15) is 0 Å². The van der Waals surface area contributed by atoms with Crippen LogP contribution in [-0.4, -0.2) is 49.0 Å². The number of benzene rings is 1. The van der Waals surface area contributed by atoms with Gasteiger partial charge in [0, 0.05) is 26.2 Å². The maximum atomic E-state index is 10.2. The first kappa shape index (κ1) is 17.3. The van der Waals surface area contributed by atoms with Crippen molar-refractivity contribution in [1.29, 1.82) is 0 Å². The Balaban J connectivity index is 1.98. The Kier molecular flexibility index (Phi) is 6.68. The van der Waals surface area contributed by atoms with Crippen molar-refractivity contribution in [3.8, 4) is 5.75 Å². The van der Waals surface area contributed by atoms with Gasteiger partial charge in [0.25, 0.3) is 0 Å². The molecule has 124 valence electrons. The predicted molar refractivity (Wildman–Crippen MR) is 88.1 cm³/mol. The first-order valence-electron chi connectivity index (χ1n) is 8.23. The number of aliphatic hydroxyl groups excluding tert-OH is 1. The molecule has 2 atom stereocenters. The van der Waals surface area contributed by atoms with Crippen molar-refractivity contribution in [2.24, 2.45) is 5.92 Å². The zero-order valence-corrected chi connectivity index (χ0v) is 14.0. The highest BCUT2D eigenvalue weighted by atomic mass is 16.5. The van der Waals surface area contributed by atoms with Crippen LogP contribution in [0.1, 0.15) is 32.3 Å². The molecule has 22 heavy (non-hydrogen) atoms. The average molecular weight is 307 g/mol. The summed E-state index contributed by atoms with van der Waals surface area (Å²) in [4.78, 5) is 2.31. The first-order valence-corrected chi connectivity index (χ1v) is 8.23. The van der Waals surface area contributed by atoms with E-state index in [-0.39, 0.29) is 12.0 Å². The van der Waals surface area contributed by atoms with Crippen molar-refractivity contribution >= 4 is 0 Å². The van der Waals surface area contributed by atoms with E-state index >= 15 is 0 Å². The average Bonchev–Trinajstić information content (AvgIpc) is 3.00. The number of rotatable bonds is 8. The zero-order valence-electron chi connectivity index (χ0n) is 14.0. The molecule has 0 aromatic heterocycles. The highest BCUT2D eigenvalue weighted by molar-refractivity contribution is 5.27. The van der Waals surface area contributed by atoms with E-state index in [0.717, 1.165) is 38.3 Å². The van der Waals surface area contributed by atoms with E-state index in [2.05, 4.69) is 30.9 Å². The molecule has 0 spiro atoms. The number of methoxy groups -OCH3 is 1. The van der Waals surface area contributed by atoms with E-state index < -0.39 is 0 Å². The molecular formula is C18H29NO3. The highest BCUT2D eigenvalue weighted by Gasteiger charge is 2.22. The molecule has 0 aliphatic carbocycles. The molecule has 0 bridgehead atoms. The van der Waals surface area contributed by atoms with E-state index in [1.54, 1.807) is 7.11 Å². The summed E-state index contributed by atoms with van der Waals surface area (Å²) in [5.41, 5.74) is 1.23. The molecule has 1 heterocycles. The molecular weight excluding hydrogens is 278 g/mol. The molecule has 4 nitrogen and oxygen atoms in total. The number of aliphatic hydroxyl groups is 1. The summed E-state index contributed by atoms with van der Waals surface area (Å²) in [6, 6.07) is 8.14. The molecule has 2 unspecified atom stereocenters. The van der Waals surface area contributed by atoms with E-state index in [0.29, 0.717) is 12.6 Å². The normalized spacial score (nSPS) is 19.8. The second-order valence-electron chi connectivity index (χ2n) is 6.49. The largest absolute Gasteiger partial charge is 0.497 e. The van der Waals surface area contributed by atoms with Crippen LogP contribution < -0.4 is 4.74 Å². The molecule has 1 aliphatic heterocycles. The highest BCUT2D eigenvalue weighted by Crippen LogP contribution is 2.18. The molecule has 1 fully saturated rings. The number of nitrogens with zero attached hydrogens (tertiary/aromatic N) is 1. The van der Waals surface area contributed by atoms with Crippen LogP contribution in [0, 0.1) is 5.92 Å². The molecule has 1 aromatic rings. The number of hydrogen-bond donors (Lipinski definition) is 1. The van der Waals surface area contributed by atoms with Crippen LogP contribution >= 0.6 is 0 Å². The quantitative estimate of drug-likeness (QED) is 0.802. The summed E-state index contributed by atoms with van der Waals surface area (Å²) in [5, 5.41) is 10.2. The van der Waals surface area contributed by atoms with Crippen LogP contribution in [0.4, 0.5) is 0 Å². The van der Waals surface area contributed by atoms with Crippen LogP contribution in [-0.2, 0) is 11.3 Å². The van der Waals surface area contributed by atoms with Gasteiger partial charge in [0.15, 0.2) is 0 Å². The lowest BCUT2D eigenvalue weighted by Gasteiger charge is -2.29. The van der Waals surface area contributed by atoms with Crippen molar-refractivity contribution in [3.63, 3.8) is 0 Å². The van der Waals surface area contributed by atoms with Crippen molar-refractivity contribution < 1.29 is 14.6 Å². The Morgan fingerprint density at radius 2 is 2.05 bits per heavy atom. The molecule has 0 amide bonds. The van der Waals surface area contributed by atoms with Gasteiger partial charge in [-0.1, -0.05) is 26.0 Å². The van der Waals surface area contributed by atoms with Crippen molar-refractivity contribution in [1.82, 2.24) is 4.90 Å². The summed E-state index contributed by atoms with van der Waals surface area (Å²) < 4.78 is 11.0. The van der Waals surface area contributed by atoms with Crippen molar-refractivity contribution in [2.75, 3.05) is 26.8 Å². The predicted octanol–water partition coefficient (Wildman–Crippen LogP) is 2.69. The molecule has 1 saturated heterocycles. The van der Waals surface area contributed by atoms with Gasteiger partial charge >= 0.3 is 0 Å². The Hall–Kier alpha value is -1.10.